The fourth-order valence-electron chi connectivity index (χ4n) is 0.906. The molecule has 0 N–H and O–H groups in total. The lowest BCUT2D eigenvalue weighted by Gasteiger charge is -1.99. The fourth-order valence-corrected chi connectivity index (χ4v) is 0.906. The molecule has 13 heavy (non-hydrogen) atoms. The third kappa shape index (κ3) is 1.51. The molecule has 1 aromatic rings. The molecule has 0 fully saturated rings. The number of carbonyl (C=O) groups is 1. The van der Waals surface area contributed by atoms with Gasteiger partial charge < -0.3 is 0 Å². The number of halogens is 1. The average molecular weight is 184 g/mol. The summed E-state index contributed by atoms with van der Waals surface area (Å²) in [5, 5.41) is 10.4. The van der Waals surface area contributed by atoms with E-state index in [0.717, 1.165) is 6.20 Å². The van der Waals surface area contributed by atoms with Crippen LogP contribution in [-0.2, 0) is 0 Å². The molecular formula is C7H5FN2O3. The Labute approximate surface area is 72.4 Å². The number of nitrogens with zero attached hydrogens (tertiary/aromatic N) is 2. The Morgan fingerprint density at radius 1 is 1.69 bits per heavy atom. The van der Waals surface area contributed by atoms with E-state index in [9.17, 15) is 19.3 Å². The summed E-state index contributed by atoms with van der Waals surface area (Å²) in [5.41, 5.74) is -1.11. The van der Waals surface area contributed by atoms with Crippen LogP contribution in [0.4, 0.5) is 10.1 Å². The lowest BCUT2D eigenvalue weighted by molar-refractivity contribution is -0.386. The van der Waals surface area contributed by atoms with Crippen molar-refractivity contribution in [2.24, 2.45) is 0 Å². The molecule has 0 aliphatic rings. The molecule has 1 aromatic heterocycles. The molecule has 0 atom stereocenters. The molecule has 0 radical (unpaired) electrons. The Balaban J connectivity index is 3.50. The zero-order valence-corrected chi connectivity index (χ0v) is 6.65. The smallest absolute Gasteiger partial charge is 0.296 e. The van der Waals surface area contributed by atoms with Gasteiger partial charge in [0.25, 0.3) is 0 Å². The second-order valence-electron chi connectivity index (χ2n) is 2.34. The van der Waals surface area contributed by atoms with Gasteiger partial charge >= 0.3 is 5.69 Å². The van der Waals surface area contributed by atoms with Crippen LogP contribution in [0.15, 0.2) is 6.20 Å². The highest BCUT2D eigenvalue weighted by Crippen LogP contribution is 2.21. The maximum atomic E-state index is 12.8. The van der Waals surface area contributed by atoms with Crippen LogP contribution >= 0.6 is 0 Å². The number of nitro groups is 1. The fraction of sp³-hybridized carbons (Fsp3) is 0.143. The summed E-state index contributed by atoms with van der Waals surface area (Å²) in [6.07, 6.45) is 1.01. The standard InChI is InChI=1S/C7H5FN2O3/c1-4-5(8)2-9-6(3-11)7(4)10(12)13/h2-3H,1H3. The van der Waals surface area contributed by atoms with Crippen molar-refractivity contribution in [2.75, 3.05) is 0 Å². The SMILES string of the molecule is Cc1c(F)cnc(C=O)c1[N+](=O)[O-]. The monoisotopic (exact) mass is 184 g/mol. The summed E-state index contributed by atoms with van der Waals surface area (Å²) >= 11 is 0. The van der Waals surface area contributed by atoms with Gasteiger partial charge in [-0.2, -0.15) is 0 Å². The van der Waals surface area contributed by atoms with Gasteiger partial charge in [0.05, 0.1) is 16.7 Å². The predicted octanol–water partition coefficient (Wildman–Crippen LogP) is 1.25. The van der Waals surface area contributed by atoms with E-state index in [1.807, 2.05) is 0 Å². The normalized spacial score (nSPS) is 9.69. The van der Waals surface area contributed by atoms with Gasteiger partial charge in [0.1, 0.15) is 0 Å². The van der Waals surface area contributed by atoms with E-state index in [4.69, 9.17) is 0 Å². The molecule has 1 heterocycles. The molecule has 6 heteroatoms. The number of rotatable bonds is 2. The first-order valence-corrected chi connectivity index (χ1v) is 3.32. The summed E-state index contributed by atoms with van der Waals surface area (Å²) in [6.45, 7) is 1.22. The highest BCUT2D eigenvalue weighted by molar-refractivity contribution is 5.79. The topological polar surface area (TPSA) is 73.1 Å². The minimum Gasteiger partial charge on any atom is -0.296 e. The first-order valence-electron chi connectivity index (χ1n) is 3.32. The van der Waals surface area contributed by atoms with Crippen molar-refractivity contribution in [3.8, 4) is 0 Å². The summed E-state index contributed by atoms with van der Waals surface area (Å²) in [7, 11) is 0. The number of aromatic nitrogens is 1. The lowest BCUT2D eigenvalue weighted by atomic mass is 10.2. The highest BCUT2D eigenvalue weighted by Gasteiger charge is 2.21. The molecule has 0 spiro atoms. The molecular weight excluding hydrogens is 179 g/mol. The highest BCUT2D eigenvalue weighted by atomic mass is 19.1. The third-order valence-corrected chi connectivity index (χ3v) is 1.57. The maximum Gasteiger partial charge on any atom is 0.304 e. The molecule has 0 aliphatic carbocycles. The van der Waals surface area contributed by atoms with Gasteiger partial charge in [-0.1, -0.05) is 0 Å². The van der Waals surface area contributed by atoms with Crippen molar-refractivity contribution in [1.82, 2.24) is 4.98 Å². The summed E-state index contributed by atoms with van der Waals surface area (Å²) in [5.74, 6) is -0.794. The van der Waals surface area contributed by atoms with Crippen molar-refractivity contribution >= 4 is 12.0 Å². The first kappa shape index (κ1) is 9.24. The second-order valence-corrected chi connectivity index (χ2v) is 2.34. The summed E-state index contributed by atoms with van der Waals surface area (Å²) < 4.78 is 12.8. The Morgan fingerprint density at radius 2 is 2.31 bits per heavy atom. The summed E-state index contributed by atoms with van der Waals surface area (Å²) in [4.78, 5) is 23.2. The molecule has 1 rings (SSSR count). The maximum absolute atomic E-state index is 12.8. The van der Waals surface area contributed by atoms with E-state index in [1.165, 1.54) is 6.92 Å². The number of carbonyl (C=O) groups excluding carboxylic acids is 1. The Hall–Kier alpha value is -1.85. The molecule has 0 saturated heterocycles. The molecule has 0 amide bonds. The Morgan fingerprint density at radius 3 is 2.77 bits per heavy atom. The van der Waals surface area contributed by atoms with E-state index in [2.05, 4.69) is 4.98 Å². The number of pyridine rings is 1. The van der Waals surface area contributed by atoms with Crippen LogP contribution in [0.1, 0.15) is 16.1 Å². The minimum absolute atomic E-state index is 0.179. The molecule has 0 saturated carbocycles. The molecule has 68 valence electrons. The van der Waals surface area contributed by atoms with E-state index in [0.29, 0.717) is 0 Å². The lowest BCUT2D eigenvalue weighted by Crippen LogP contribution is -2.02. The van der Waals surface area contributed by atoms with E-state index in [-0.39, 0.29) is 17.5 Å². The summed E-state index contributed by atoms with van der Waals surface area (Å²) in [6, 6.07) is 0. The van der Waals surface area contributed by atoms with Gasteiger partial charge in [-0.25, -0.2) is 9.37 Å². The van der Waals surface area contributed by atoms with Crippen LogP contribution in [0.25, 0.3) is 0 Å². The van der Waals surface area contributed by atoms with Gasteiger partial charge in [0, 0.05) is 0 Å². The van der Waals surface area contributed by atoms with Crippen molar-refractivity contribution < 1.29 is 14.1 Å². The van der Waals surface area contributed by atoms with Gasteiger partial charge in [-0.15, -0.1) is 0 Å². The van der Waals surface area contributed by atoms with Gasteiger partial charge in [0.2, 0.25) is 0 Å². The molecule has 0 unspecified atom stereocenters. The zero-order valence-electron chi connectivity index (χ0n) is 6.65. The van der Waals surface area contributed by atoms with Crippen molar-refractivity contribution in [3.05, 3.63) is 33.4 Å². The first-order chi connectivity index (χ1) is 6.07. The number of hydrogen-bond donors (Lipinski definition) is 0. The van der Waals surface area contributed by atoms with Crippen LogP contribution in [0.5, 0.6) is 0 Å². The van der Waals surface area contributed by atoms with Gasteiger partial charge in [-0.05, 0) is 6.92 Å². The van der Waals surface area contributed by atoms with Gasteiger partial charge in [0.15, 0.2) is 17.8 Å². The van der Waals surface area contributed by atoms with Crippen LogP contribution in [0.3, 0.4) is 0 Å². The Bertz CT molecular complexity index is 378. The predicted molar refractivity (Wildman–Crippen MR) is 41.0 cm³/mol. The Kier molecular flexibility index (Phi) is 2.32. The van der Waals surface area contributed by atoms with Crippen LogP contribution < -0.4 is 0 Å². The molecule has 5 nitrogen and oxygen atoms in total. The molecule has 0 bridgehead atoms. The minimum atomic E-state index is -0.824. The second kappa shape index (κ2) is 3.26. The van der Waals surface area contributed by atoms with E-state index >= 15 is 0 Å². The van der Waals surface area contributed by atoms with Crippen molar-refractivity contribution in [3.63, 3.8) is 0 Å². The number of aldehydes is 1. The quantitative estimate of drug-likeness (QED) is 0.394. The third-order valence-electron chi connectivity index (χ3n) is 1.57. The zero-order chi connectivity index (χ0) is 10.0. The van der Waals surface area contributed by atoms with Crippen molar-refractivity contribution in [1.29, 1.82) is 0 Å². The molecule has 0 aliphatic heterocycles. The average Bonchev–Trinajstić information content (AvgIpc) is 2.08. The molecule has 0 aromatic carbocycles. The van der Waals surface area contributed by atoms with E-state index in [1.54, 1.807) is 0 Å². The van der Waals surface area contributed by atoms with Crippen LogP contribution in [0.2, 0.25) is 0 Å². The van der Waals surface area contributed by atoms with Gasteiger partial charge in [-0.3, -0.25) is 14.9 Å². The van der Waals surface area contributed by atoms with Crippen LogP contribution in [-0.4, -0.2) is 16.2 Å². The van der Waals surface area contributed by atoms with E-state index < -0.39 is 16.4 Å². The van der Waals surface area contributed by atoms with Crippen molar-refractivity contribution in [2.45, 2.75) is 6.92 Å². The van der Waals surface area contributed by atoms with Crippen LogP contribution in [0, 0.1) is 22.9 Å². The number of hydrogen-bond acceptors (Lipinski definition) is 4. The largest absolute Gasteiger partial charge is 0.304 e.